The molecule has 1 heterocycles. The van der Waals surface area contributed by atoms with Crippen molar-refractivity contribution in [3.63, 3.8) is 0 Å². The maximum absolute atomic E-state index is 13.2. The van der Waals surface area contributed by atoms with E-state index in [4.69, 9.17) is 17.3 Å². The second kappa shape index (κ2) is 5.38. The number of rotatable bonds is 3. The molecule has 0 radical (unpaired) electrons. The number of hydrogen-bond donors (Lipinski definition) is 1. The third kappa shape index (κ3) is 3.35. The van der Waals surface area contributed by atoms with Gasteiger partial charge < -0.3 is 5.73 Å². The molecule has 0 aliphatic heterocycles. The number of pyridine rings is 1. The SMILES string of the molecule is Nc1ccc(SCc2ccnc(Cl)c2)cc1F. The van der Waals surface area contributed by atoms with Gasteiger partial charge in [0.15, 0.2) is 0 Å². The van der Waals surface area contributed by atoms with Crippen LogP contribution in [0.5, 0.6) is 0 Å². The predicted octanol–water partition coefficient (Wildman–Crippen LogP) is 3.75. The van der Waals surface area contributed by atoms with Crippen LogP contribution >= 0.6 is 23.4 Å². The van der Waals surface area contributed by atoms with Crippen LogP contribution < -0.4 is 5.73 Å². The average Bonchev–Trinajstić information content (AvgIpc) is 2.31. The molecule has 0 atom stereocenters. The number of aromatic nitrogens is 1. The molecule has 0 aliphatic carbocycles. The van der Waals surface area contributed by atoms with Gasteiger partial charge in [-0.2, -0.15) is 0 Å². The lowest BCUT2D eigenvalue weighted by molar-refractivity contribution is 0.629. The van der Waals surface area contributed by atoms with Crippen molar-refractivity contribution >= 4 is 29.1 Å². The molecule has 17 heavy (non-hydrogen) atoms. The van der Waals surface area contributed by atoms with Gasteiger partial charge in [0.25, 0.3) is 0 Å². The summed E-state index contributed by atoms with van der Waals surface area (Å²) >= 11 is 7.30. The van der Waals surface area contributed by atoms with Crippen molar-refractivity contribution in [3.05, 3.63) is 53.1 Å². The molecule has 0 unspecified atom stereocenters. The van der Waals surface area contributed by atoms with Gasteiger partial charge in [0.2, 0.25) is 0 Å². The third-order valence-corrected chi connectivity index (χ3v) is 3.44. The molecule has 2 N–H and O–H groups in total. The van der Waals surface area contributed by atoms with Crippen molar-refractivity contribution < 1.29 is 4.39 Å². The highest BCUT2D eigenvalue weighted by Crippen LogP contribution is 2.25. The Labute approximate surface area is 108 Å². The van der Waals surface area contributed by atoms with E-state index in [0.717, 1.165) is 10.5 Å². The van der Waals surface area contributed by atoms with Crippen LogP contribution in [0.2, 0.25) is 5.15 Å². The summed E-state index contributed by atoms with van der Waals surface area (Å²) in [6, 6.07) is 8.47. The molecule has 0 spiro atoms. The minimum absolute atomic E-state index is 0.168. The molecule has 2 nitrogen and oxygen atoms in total. The van der Waals surface area contributed by atoms with Crippen LogP contribution in [0.15, 0.2) is 41.4 Å². The first kappa shape index (κ1) is 12.2. The fraction of sp³-hybridized carbons (Fsp3) is 0.0833. The summed E-state index contributed by atoms with van der Waals surface area (Å²) < 4.78 is 13.2. The number of nitrogens with two attached hydrogens (primary N) is 1. The molecule has 88 valence electrons. The minimum atomic E-state index is -0.386. The first-order valence-corrected chi connectivity index (χ1v) is 6.30. The summed E-state index contributed by atoms with van der Waals surface area (Å²) in [6.45, 7) is 0. The van der Waals surface area contributed by atoms with E-state index in [0.29, 0.717) is 10.9 Å². The number of thioether (sulfide) groups is 1. The Morgan fingerprint density at radius 2 is 2.12 bits per heavy atom. The summed E-state index contributed by atoms with van der Waals surface area (Å²) in [5.41, 5.74) is 6.62. The number of benzene rings is 1. The van der Waals surface area contributed by atoms with Crippen molar-refractivity contribution in [1.82, 2.24) is 4.98 Å². The molecule has 1 aromatic carbocycles. The van der Waals surface area contributed by atoms with Gasteiger partial charge in [-0.1, -0.05) is 11.6 Å². The van der Waals surface area contributed by atoms with Crippen LogP contribution in [0.3, 0.4) is 0 Å². The van der Waals surface area contributed by atoms with Crippen molar-refractivity contribution in [2.24, 2.45) is 0 Å². The smallest absolute Gasteiger partial charge is 0.147 e. The van der Waals surface area contributed by atoms with Crippen molar-refractivity contribution in [3.8, 4) is 0 Å². The Morgan fingerprint density at radius 3 is 2.82 bits per heavy atom. The second-order valence-electron chi connectivity index (χ2n) is 3.46. The first-order valence-electron chi connectivity index (χ1n) is 4.93. The maximum atomic E-state index is 13.2. The van der Waals surface area contributed by atoms with E-state index in [1.807, 2.05) is 6.07 Å². The van der Waals surface area contributed by atoms with E-state index < -0.39 is 0 Å². The van der Waals surface area contributed by atoms with Crippen molar-refractivity contribution in [2.45, 2.75) is 10.6 Å². The summed E-state index contributed by atoms with van der Waals surface area (Å²) in [5.74, 6) is 0.328. The van der Waals surface area contributed by atoms with E-state index in [-0.39, 0.29) is 11.5 Å². The van der Waals surface area contributed by atoms with Crippen LogP contribution in [-0.2, 0) is 5.75 Å². The highest BCUT2D eigenvalue weighted by Gasteiger charge is 2.02. The Hall–Kier alpha value is -1.26. The quantitative estimate of drug-likeness (QED) is 0.523. The molecule has 2 rings (SSSR count). The molecule has 0 bridgehead atoms. The lowest BCUT2D eigenvalue weighted by atomic mass is 10.3. The van der Waals surface area contributed by atoms with Crippen LogP contribution in [0.25, 0.3) is 0 Å². The van der Waals surface area contributed by atoms with Gasteiger partial charge in [-0.05, 0) is 35.9 Å². The number of hydrogen-bond acceptors (Lipinski definition) is 3. The molecular weight excluding hydrogens is 259 g/mol. The van der Waals surface area contributed by atoms with Crippen LogP contribution in [-0.4, -0.2) is 4.98 Å². The highest BCUT2D eigenvalue weighted by atomic mass is 35.5. The number of halogens is 2. The Bertz CT molecular complexity index is 534. The average molecular weight is 269 g/mol. The van der Waals surface area contributed by atoms with E-state index in [1.165, 1.54) is 17.8 Å². The standard InChI is InChI=1S/C12H10ClFN2S/c13-12-5-8(3-4-16-12)7-17-9-1-2-11(15)10(14)6-9/h1-6H,7,15H2. The molecular formula is C12H10ClFN2S. The molecule has 0 saturated carbocycles. The zero-order valence-electron chi connectivity index (χ0n) is 8.86. The van der Waals surface area contributed by atoms with Gasteiger partial charge in [-0.15, -0.1) is 11.8 Å². The van der Waals surface area contributed by atoms with E-state index in [9.17, 15) is 4.39 Å². The molecule has 0 amide bonds. The third-order valence-electron chi connectivity index (χ3n) is 2.17. The van der Waals surface area contributed by atoms with Gasteiger partial charge in [-0.25, -0.2) is 9.37 Å². The summed E-state index contributed by atoms with van der Waals surface area (Å²) in [5, 5.41) is 0.464. The van der Waals surface area contributed by atoms with Gasteiger partial charge >= 0.3 is 0 Å². The fourth-order valence-corrected chi connectivity index (χ4v) is 2.36. The van der Waals surface area contributed by atoms with E-state index >= 15 is 0 Å². The van der Waals surface area contributed by atoms with Crippen LogP contribution in [0.1, 0.15) is 5.56 Å². The molecule has 0 fully saturated rings. The van der Waals surface area contributed by atoms with Gasteiger partial charge in [0.1, 0.15) is 11.0 Å². The zero-order valence-corrected chi connectivity index (χ0v) is 10.4. The largest absolute Gasteiger partial charge is 0.396 e. The number of anilines is 1. The highest BCUT2D eigenvalue weighted by molar-refractivity contribution is 7.98. The fourth-order valence-electron chi connectivity index (χ4n) is 1.30. The van der Waals surface area contributed by atoms with Gasteiger partial charge in [0, 0.05) is 16.8 Å². The minimum Gasteiger partial charge on any atom is -0.396 e. The van der Waals surface area contributed by atoms with Gasteiger partial charge in [0.05, 0.1) is 5.69 Å². The predicted molar refractivity (Wildman–Crippen MR) is 69.6 cm³/mol. The monoisotopic (exact) mass is 268 g/mol. The number of nitrogens with zero attached hydrogens (tertiary/aromatic N) is 1. The molecule has 0 saturated heterocycles. The normalized spacial score (nSPS) is 10.5. The molecule has 1 aromatic heterocycles. The Morgan fingerprint density at radius 1 is 1.29 bits per heavy atom. The maximum Gasteiger partial charge on any atom is 0.147 e. The zero-order chi connectivity index (χ0) is 12.3. The van der Waals surface area contributed by atoms with E-state index in [1.54, 1.807) is 24.4 Å². The van der Waals surface area contributed by atoms with E-state index in [2.05, 4.69) is 4.98 Å². The topological polar surface area (TPSA) is 38.9 Å². The lowest BCUT2D eigenvalue weighted by Crippen LogP contribution is -1.90. The van der Waals surface area contributed by atoms with Gasteiger partial charge in [-0.3, -0.25) is 0 Å². The Kier molecular flexibility index (Phi) is 3.86. The lowest BCUT2D eigenvalue weighted by Gasteiger charge is -2.03. The Balaban J connectivity index is 2.05. The summed E-state index contributed by atoms with van der Waals surface area (Å²) in [7, 11) is 0. The summed E-state index contributed by atoms with van der Waals surface area (Å²) in [4.78, 5) is 4.74. The van der Waals surface area contributed by atoms with Crippen LogP contribution in [0, 0.1) is 5.82 Å². The number of nitrogen functional groups attached to an aromatic ring is 1. The molecule has 2 aromatic rings. The molecule has 0 aliphatic rings. The van der Waals surface area contributed by atoms with Crippen molar-refractivity contribution in [2.75, 3.05) is 5.73 Å². The second-order valence-corrected chi connectivity index (χ2v) is 4.89. The molecule has 5 heteroatoms. The van der Waals surface area contributed by atoms with Crippen molar-refractivity contribution in [1.29, 1.82) is 0 Å². The van der Waals surface area contributed by atoms with Crippen LogP contribution in [0.4, 0.5) is 10.1 Å². The summed E-state index contributed by atoms with van der Waals surface area (Å²) in [6.07, 6.45) is 1.65. The first-order chi connectivity index (χ1) is 8.15.